The molecular formula is C15H21N6O9P. The summed E-state index contributed by atoms with van der Waals surface area (Å²) in [5.74, 6) is 0. The highest BCUT2D eigenvalue weighted by atomic mass is 31.2. The van der Waals surface area contributed by atoms with Crippen LogP contribution in [0.3, 0.4) is 0 Å². The molecule has 2 aromatic rings. The standard InChI is InChI=1S/C15H21N6O9P/c1-20-6-8(18-19-20)5-16-15(25)28-7-9-12(30-31(2,26)27)11(23)13(29-9)21-4-3-10(22)17-14(21)24/h3-4,6,9,11-13,23H,5,7H2,1-2H3,(H,16,25)(H,26,27)(H,17,22,24)/t9-,11+,12?,13-/m1/s1. The smallest absolute Gasteiger partial charge is 0.407 e. The minimum absolute atomic E-state index is 0.0386. The first-order valence-corrected chi connectivity index (χ1v) is 11.0. The van der Waals surface area contributed by atoms with Crippen LogP contribution < -0.4 is 16.6 Å². The van der Waals surface area contributed by atoms with Gasteiger partial charge in [-0.1, -0.05) is 5.21 Å². The maximum absolute atomic E-state index is 12.0. The summed E-state index contributed by atoms with van der Waals surface area (Å²) in [6, 6.07) is 1.04. The second kappa shape index (κ2) is 9.11. The van der Waals surface area contributed by atoms with Crippen LogP contribution in [0.5, 0.6) is 0 Å². The second-order valence-electron chi connectivity index (χ2n) is 6.78. The van der Waals surface area contributed by atoms with Crippen LogP contribution in [0.1, 0.15) is 11.9 Å². The lowest BCUT2D eigenvalue weighted by molar-refractivity contribution is -0.0565. The molecule has 5 atom stereocenters. The van der Waals surface area contributed by atoms with Crippen molar-refractivity contribution in [3.8, 4) is 0 Å². The molecule has 15 nitrogen and oxygen atoms in total. The number of ether oxygens (including phenoxy) is 2. The van der Waals surface area contributed by atoms with Crippen molar-refractivity contribution in [1.82, 2.24) is 29.9 Å². The fourth-order valence-electron chi connectivity index (χ4n) is 2.92. The van der Waals surface area contributed by atoms with Crippen LogP contribution in [0.4, 0.5) is 4.79 Å². The highest BCUT2D eigenvalue weighted by molar-refractivity contribution is 7.51. The molecule has 1 saturated heterocycles. The number of hydrogen-bond acceptors (Lipinski definition) is 10. The average Bonchev–Trinajstić information content (AvgIpc) is 3.21. The molecule has 0 saturated carbocycles. The fraction of sp³-hybridized carbons (Fsp3) is 0.533. The molecule has 1 amide bonds. The number of amides is 1. The van der Waals surface area contributed by atoms with Crippen molar-refractivity contribution in [1.29, 1.82) is 0 Å². The van der Waals surface area contributed by atoms with E-state index in [1.54, 1.807) is 13.2 Å². The molecule has 3 heterocycles. The third-order valence-corrected chi connectivity index (χ3v) is 4.83. The Morgan fingerprint density at radius 1 is 1.45 bits per heavy atom. The van der Waals surface area contributed by atoms with Gasteiger partial charge < -0.3 is 24.8 Å². The van der Waals surface area contributed by atoms with Gasteiger partial charge in [0.15, 0.2) is 6.23 Å². The number of alkyl carbamates (subject to hydrolysis) is 1. The Labute approximate surface area is 174 Å². The first kappa shape index (κ1) is 22.8. The Morgan fingerprint density at radius 3 is 2.81 bits per heavy atom. The van der Waals surface area contributed by atoms with E-state index in [1.807, 2.05) is 4.98 Å². The third-order valence-electron chi connectivity index (χ3n) is 4.19. The molecule has 4 N–H and O–H groups in total. The molecule has 0 bridgehead atoms. The Kier molecular flexibility index (Phi) is 6.71. The number of nitrogens with zero attached hydrogens (tertiary/aromatic N) is 4. The van der Waals surface area contributed by atoms with Gasteiger partial charge in [-0.2, -0.15) is 0 Å². The van der Waals surface area contributed by atoms with Crippen molar-refractivity contribution >= 4 is 13.7 Å². The van der Waals surface area contributed by atoms with E-state index in [4.69, 9.17) is 14.0 Å². The second-order valence-corrected chi connectivity index (χ2v) is 8.60. The van der Waals surface area contributed by atoms with Crippen molar-refractivity contribution in [2.75, 3.05) is 13.3 Å². The van der Waals surface area contributed by atoms with Crippen LogP contribution in [0.25, 0.3) is 0 Å². The van der Waals surface area contributed by atoms with Gasteiger partial charge in [-0.15, -0.1) is 5.10 Å². The van der Waals surface area contributed by atoms with E-state index in [0.717, 1.165) is 23.5 Å². The van der Waals surface area contributed by atoms with Crippen molar-refractivity contribution in [2.45, 2.75) is 31.1 Å². The number of aryl methyl sites for hydroxylation is 1. The summed E-state index contributed by atoms with van der Waals surface area (Å²) in [6.45, 7) is 0.477. The Bertz CT molecular complexity index is 1090. The number of aromatic nitrogens is 5. The van der Waals surface area contributed by atoms with E-state index < -0.39 is 56.1 Å². The molecule has 3 rings (SSSR count). The van der Waals surface area contributed by atoms with Crippen LogP contribution in [-0.4, -0.2) is 72.2 Å². The van der Waals surface area contributed by atoms with Crippen molar-refractivity contribution in [2.24, 2.45) is 7.05 Å². The van der Waals surface area contributed by atoms with E-state index in [-0.39, 0.29) is 6.54 Å². The lowest BCUT2D eigenvalue weighted by Crippen LogP contribution is -2.39. The summed E-state index contributed by atoms with van der Waals surface area (Å²) >= 11 is 0. The minimum atomic E-state index is -4.08. The minimum Gasteiger partial charge on any atom is -0.447 e. The summed E-state index contributed by atoms with van der Waals surface area (Å²) in [5, 5.41) is 20.5. The molecule has 0 aromatic carbocycles. The zero-order chi connectivity index (χ0) is 22.8. The SMILES string of the molecule is Cn1cc(CNC(=O)OC[C@H]2O[C@@H](n3ccc(=O)[nH]c3=O)[C@@H](O)C2OP(C)(=O)O)nn1. The summed E-state index contributed by atoms with van der Waals surface area (Å²) < 4.78 is 29.7. The monoisotopic (exact) mass is 460 g/mol. The molecule has 0 spiro atoms. The maximum Gasteiger partial charge on any atom is 0.407 e. The molecule has 170 valence electrons. The van der Waals surface area contributed by atoms with Gasteiger partial charge in [0.2, 0.25) is 0 Å². The maximum atomic E-state index is 12.0. The molecular weight excluding hydrogens is 439 g/mol. The molecule has 31 heavy (non-hydrogen) atoms. The number of carbonyl (C=O) groups is 1. The number of aromatic amines is 1. The van der Waals surface area contributed by atoms with Gasteiger partial charge >= 0.3 is 19.4 Å². The number of aliphatic hydroxyl groups excluding tert-OH is 1. The van der Waals surface area contributed by atoms with E-state index in [2.05, 4.69) is 15.6 Å². The van der Waals surface area contributed by atoms with Crippen LogP contribution >= 0.6 is 7.60 Å². The van der Waals surface area contributed by atoms with Gasteiger partial charge in [0.25, 0.3) is 5.56 Å². The average molecular weight is 460 g/mol. The first-order chi connectivity index (χ1) is 14.5. The lowest BCUT2D eigenvalue weighted by atomic mass is 10.1. The molecule has 0 radical (unpaired) electrons. The zero-order valence-electron chi connectivity index (χ0n) is 16.4. The largest absolute Gasteiger partial charge is 0.447 e. The number of H-pyrrole nitrogens is 1. The van der Waals surface area contributed by atoms with Gasteiger partial charge in [-0.05, 0) is 0 Å². The molecule has 16 heteroatoms. The predicted octanol–water partition coefficient (Wildman–Crippen LogP) is -1.95. The molecule has 1 aliphatic heterocycles. The fourth-order valence-corrected chi connectivity index (χ4v) is 3.63. The summed E-state index contributed by atoms with van der Waals surface area (Å²) in [4.78, 5) is 46.8. The van der Waals surface area contributed by atoms with E-state index >= 15 is 0 Å². The first-order valence-electron chi connectivity index (χ1n) is 8.93. The molecule has 2 unspecified atom stereocenters. The number of hydrogen-bond donors (Lipinski definition) is 4. The summed E-state index contributed by atoms with van der Waals surface area (Å²) in [5.41, 5.74) is -1.05. The number of rotatable bonds is 7. The van der Waals surface area contributed by atoms with Gasteiger partial charge in [0.05, 0.1) is 6.54 Å². The number of aliphatic hydroxyl groups is 1. The highest BCUT2D eigenvalue weighted by Crippen LogP contribution is 2.44. The zero-order valence-corrected chi connectivity index (χ0v) is 17.3. The quantitative estimate of drug-likeness (QED) is 0.335. The van der Waals surface area contributed by atoms with Crippen LogP contribution in [0.2, 0.25) is 0 Å². The molecule has 1 fully saturated rings. The van der Waals surface area contributed by atoms with Gasteiger partial charge in [-0.25, -0.2) is 9.59 Å². The van der Waals surface area contributed by atoms with Crippen LogP contribution in [0, 0.1) is 0 Å². The van der Waals surface area contributed by atoms with Crippen molar-refractivity contribution < 1.29 is 33.4 Å². The van der Waals surface area contributed by atoms with Crippen molar-refractivity contribution in [3.63, 3.8) is 0 Å². The molecule has 0 aliphatic carbocycles. The highest BCUT2D eigenvalue weighted by Gasteiger charge is 2.48. The Balaban J connectivity index is 1.68. The number of nitrogens with one attached hydrogen (secondary N) is 2. The summed E-state index contributed by atoms with van der Waals surface area (Å²) in [7, 11) is -2.42. The summed E-state index contributed by atoms with van der Waals surface area (Å²) in [6.07, 6.45) is -3.71. The predicted molar refractivity (Wildman–Crippen MR) is 101 cm³/mol. The van der Waals surface area contributed by atoms with Gasteiger partial charge in [0, 0.05) is 32.2 Å². The Hall–Kier alpha value is -2.84. The van der Waals surface area contributed by atoms with Crippen LogP contribution in [-0.2, 0) is 32.2 Å². The third kappa shape index (κ3) is 5.86. The number of carbonyl (C=O) groups excluding carboxylic acids is 1. The van der Waals surface area contributed by atoms with E-state index in [0.29, 0.717) is 5.69 Å². The van der Waals surface area contributed by atoms with Crippen LogP contribution in [0.15, 0.2) is 28.0 Å². The molecule has 2 aromatic heterocycles. The van der Waals surface area contributed by atoms with Crippen molar-refractivity contribution in [3.05, 3.63) is 45.0 Å². The van der Waals surface area contributed by atoms with E-state index in [1.165, 1.54) is 4.68 Å². The topological polar surface area (TPSA) is 200 Å². The van der Waals surface area contributed by atoms with E-state index in [9.17, 15) is 28.9 Å². The normalized spacial score (nSPS) is 25.2. The van der Waals surface area contributed by atoms with Gasteiger partial charge in [0.1, 0.15) is 30.6 Å². The van der Waals surface area contributed by atoms with Gasteiger partial charge in [-0.3, -0.25) is 28.1 Å². The Morgan fingerprint density at radius 2 is 2.19 bits per heavy atom. The lowest BCUT2D eigenvalue weighted by Gasteiger charge is -2.21. The molecule has 1 aliphatic rings.